The Hall–Kier alpha value is -1.66. The summed E-state index contributed by atoms with van der Waals surface area (Å²) in [6.45, 7) is 2.10. The van der Waals surface area contributed by atoms with Gasteiger partial charge in [-0.1, -0.05) is 25.2 Å². The van der Waals surface area contributed by atoms with E-state index in [0.717, 1.165) is 18.4 Å². The van der Waals surface area contributed by atoms with Gasteiger partial charge in [-0.05, 0) is 24.6 Å². The third-order valence-corrected chi connectivity index (χ3v) is 2.39. The van der Waals surface area contributed by atoms with Gasteiger partial charge in [-0.15, -0.1) is 0 Å². The summed E-state index contributed by atoms with van der Waals surface area (Å²) >= 11 is 0. The standard InChI is InChI=1S/C14H19NO2/c1-4-5-12(15)8-6-11-7-9-13(16-2)14(10-11)17-3/h7,9-10,12H,4-5,15H2,1-3H3. The molecule has 0 fully saturated rings. The smallest absolute Gasteiger partial charge is 0.161 e. The lowest BCUT2D eigenvalue weighted by Gasteiger charge is -2.07. The van der Waals surface area contributed by atoms with Crippen LogP contribution in [0.5, 0.6) is 11.5 Å². The predicted molar refractivity (Wildman–Crippen MR) is 69.3 cm³/mol. The van der Waals surface area contributed by atoms with Gasteiger partial charge >= 0.3 is 0 Å². The molecule has 1 atom stereocenters. The fourth-order valence-electron chi connectivity index (χ4n) is 1.47. The lowest BCUT2D eigenvalue weighted by atomic mass is 10.1. The summed E-state index contributed by atoms with van der Waals surface area (Å²) in [6, 6.07) is 5.53. The molecule has 1 aromatic carbocycles. The average Bonchev–Trinajstić information content (AvgIpc) is 2.36. The Balaban J connectivity index is 2.85. The summed E-state index contributed by atoms with van der Waals surface area (Å²) in [6.07, 6.45) is 1.96. The van der Waals surface area contributed by atoms with E-state index in [4.69, 9.17) is 15.2 Å². The number of methoxy groups -OCH3 is 2. The Morgan fingerprint density at radius 2 is 1.94 bits per heavy atom. The maximum atomic E-state index is 5.83. The van der Waals surface area contributed by atoms with Gasteiger partial charge < -0.3 is 15.2 Å². The van der Waals surface area contributed by atoms with Gasteiger partial charge in [0.1, 0.15) is 0 Å². The molecule has 0 aromatic heterocycles. The molecule has 0 radical (unpaired) electrons. The maximum Gasteiger partial charge on any atom is 0.161 e. The largest absolute Gasteiger partial charge is 0.493 e. The molecule has 0 saturated heterocycles. The minimum absolute atomic E-state index is 0.0619. The lowest BCUT2D eigenvalue weighted by molar-refractivity contribution is 0.355. The van der Waals surface area contributed by atoms with Crippen molar-refractivity contribution in [2.75, 3.05) is 14.2 Å². The van der Waals surface area contributed by atoms with Crippen molar-refractivity contribution < 1.29 is 9.47 Å². The predicted octanol–water partition coefficient (Wildman–Crippen LogP) is 2.18. The van der Waals surface area contributed by atoms with Crippen molar-refractivity contribution >= 4 is 0 Å². The first-order valence-electron chi connectivity index (χ1n) is 5.70. The van der Waals surface area contributed by atoms with Crippen LogP contribution in [0, 0.1) is 11.8 Å². The van der Waals surface area contributed by atoms with E-state index in [1.165, 1.54) is 0 Å². The zero-order chi connectivity index (χ0) is 12.7. The van der Waals surface area contributed by atoms with Crippen LogP contribution in [-0.2, 0) is 0 Å². The average molecular weight is 233 g/mol. The molecule has 1 rings (SSSR count). The van der Waals surface area contributed by atoms with Crippen molar-refractivity contribution in [1.82, 2.24) is 0 Å². The van der Waals surface area contributed by atoms with Gasteiger partial charge in [0, 0.05) is 5.56 Å². The second-order valence-electron chi connectivity index (χ2n) is 3.73. The van der Waals surface area contributed by atoms with Gasteiger partial charge in [-0.3, -0.25) is 0 Å². The Morgan fingerprint density at radius 3 is 2.53 bits per heavy atom. The summed E-state index contributed by atoms with van der Waals surface area (Å²) in [5, 5.41) is 0. The highest BCUT2D eigenvalue weighted by Crippen LogP contribution is 2.27. The lowest BCUT2D eigenvalue weighted by Crippen LogP contribution is -2.16. The summed E-state index contributed by atoms with van der Waals surface area (Å²) in [5.74, 6) is 7.45. The molecule has 92 valence electrons. The number of hydrogen-bond acceptors (Lipinski definition) is 3. The zero-order valence-corrected chi connectivity index (χ0v) is 10.6. The number of rotatable bonds is 4. The van der Waals surface area contributed by atoms with Crippen molar-refractivity contribution in [3.05, 3.63) is 23.8 Å². The molecule has 0 saturated carbocycles. The summed E-state index contributed by atoms with van der Waals surface area (Å²) in [7, 11) is 3.22. The van der Waals surface area contributed by atoms with Crippen LogP contribution in [0.1, 0.15) is 25.3 Å². The maximum absolute atomic E-state index is 5.83. The van der Waals surface area contributed by atoms with E-state index in [2.05, 4.69) is 18.8 Å². The monoisotopic (exact) mass is 233 g/mol. The molecule has 1 aromatic rings. The first-order chi connectivity index (χ1) is 8.21. The van der Waals surface area contributed by atoms with Gasteiger partial charge in [-0.25, -0.2) is 0 Å². The van der Waals surface area contributed by atoms with Gasteiger partial charge in [0.05, 0.1) is 20.3 Å². The first-order valence-corrected chi connectivity index (χ1v) is 5.70. The van der Waals surface area contributed by atoms with E-state index in [1.54, 1.807) is 14.2 Å². The first kappa shape index (κ1) is 13.4. The molecule has 0 bridgehead atoms. The number of nitrogens with two attached hydrogens (primary N) is 1. The molecule has 0 spiro atoms. The molecule has 0 heterocycles. The topological polar surface area (TPSA) is 44.5 Å². The van der Waals surface area contributed by atoms with E-state index in [1.807, 2.05) is 18.2 Å². The van der Waals surface area contributed by atoms with Gasteiger partial charge in [0.15, 0.2) is 11.5 Å². The van der Waals surface area contributed by atoms with Crippen molar-refractivity contribution in [1.29, 1.82) is 0 Å². The van der Waals surface area contributed by atoms with Gasteiger partial charge in [0.25, 0.3) is 0 Å². The quantitative estimate of drug-likeness (QED) is 0.811. The molecule has 0 aliphatic heterocycles. The highest BCUT2D eigenvalue weighted by Gasteiger charge is 2.02. The molecule has 2 N–H and O–H groups in total. The minimum atomic E-state index is -0.0619. The Kier molecular flexibility index (Phi) is 5.38. The van der Waals surface area contributed by atoms with Crippen LogP contribution in [0.4, 0.5) is 0 Å². The number of benzene rings is 1. The Bertz CT molecular complexity index is 418. The fourth-order valence-corrected chi connectivity index (χ4v) is 1.47. The van der Waals surface area contributed by atoms with E-state index >= 15 is 0 Å². The zero-order valence-electron chi connectivity index (χ0n) is 10.6. The highest BCUT2D eigenvalue weighted by atomic mass is 16.5. The normalized spacial score (nSPS) is 11.3. The van der Waals surface area contributed by atoms with Crippen LogP contribution in [0.2, 0.25) is 0 Å². The molecule has 0 aliphatic carbocycles. The fraction of sp³-hybridized carbons (Fsp3) is 0.429. The molecule has 1 unspecified atom stereocenters. The summed E-state index contributed by atoms with van der Waals surface area (Å²) in [4.78, 5) is 0. The van der Waals surface area contributed by atoms with Crippen molar-refractivity contribution in [3.63, 3.8) is 0 Å². The van der Waals surface area contributed by atoms with Crippen LogP contribution < -0.4 is 15.2 Å². The molecule has 0 aliphatic rings. The Labute approximate surface area is 103 Å². The van der Waals surface area contributed by atoms with Crippen molar-refractivity contribution in [2.45, 2.75) is 25.8 Å². The van der Waals surface area contributed by atoms with E-state index in [0.29, 0.717) is 11.5 Å². The van der Waals surface area contributed by atoms with E-state index < -0.39 is 0 Å². The molecule has 3 nitrogen and oxygen atoms in total. The second-order valence-corrected chi connectivity index (χ2v) is 3.73. The molecule has 17 heavy (non-hydrogen) atoms. The number of hydrogen-bond donors (Lipinski definition) is 1. The van der Waals surface area contributed by atoms with Crippen molar-refractivity contribution in [3.8, 4) is 23.3 Å². The third kappa shape index (κ3) is 4.01. The molecular formula is C14H19NO2. The van der Waals surface area contributed by atoms with Gasteiger partial charge in [-0.2, -0.15) is 0 Å². The SMILES string of the molecule is CCCC(N)C#Cc1ccc(OC)c(OC)c1. The van der Waals surface area contributed by atoms with Crippen LogP contribution in [0.15, 0.2) is 18.2 Å². The number of ether oxygens (including phenoxy) is 2. The van der Waals surface area contributed by atoms with E-state index in [-0.39, 0.29) is 6.04 Å². The van der Waals surface area contributed by atoms with Crippen LogP contribution in [0.25, 0.3) is 0 Å². The molecule has 3 heteroatoms. The second kappa shape index (κ2) is 6.82. The molecule has 0 amide bonds. The highest BCUT2D eigenvalue weighted by molar-refractivity contribution is 5.48. The molecular weight excluding hydrogens is 214 g/mol. The van der Waals surface area contributed by atoms with E-state index in [9.17, 15) is 0 Å². The Morgan fingerprint density at radius 1 is 1.24 bits per heavy atom. The summed E-state index contributed by atoms with van der Waals surface area (Å²) in [5.41, 5.74) is 6.71. The summed E-state index contributed by atoms with van der Waals surface area (Å²) < 4.78 is 10.4. The minimum Gasteiger partial charge on any atom is -0.493 e. The van der Waals surface area contributed by atoms with Gasteiger partial charge in [0.2, 0.25) is 0 Å². The van der Waals surface area contributed by atoms with Crippen LogP contribution in [0.3, 0.4) is 0 Å². The third-order valence-electron chi connectivity index (χ3n) is 2.39. The van der Waals surface area contributed by atoms with Crippen LogP contribution in [-0.4, -0.2) is 20.3 Å². The van der Waals surface area contributed by atoms with Crippen LogP contribution >= 0.6 is 0 Å². The van der Waals surface area contributed by atoms with Crippen molar-refractivity contribution in [2.24, 2.45) is 5.73 Å².